The molecule has 0 aliphatic rings. The predicted octanol–water partition coefficient (Wildman–Crippen LogP) is 2.08. The summed E-state index contributed by atoms with van der Waals surface area (Å²) < 4.78 is 0. The molecule has 5 heteroatoms. The maximum absolute atomic E-state index is 11.4. The molecule has 0 saturated heterocycles. The highest BCUT2D eigenvalue weighted by Gasteiger charge is 2.03. The Hall–Kier alpha value is -2.04. The summed E-state index contributed by atoms with van der Waals surface area (Å²) in [5, 5.41) is 13.6. The lowest BCUT2D eigenvalue weighted by atomic mass is 10.0. The molecule has 0 aliphatic heterocycles. The van der Waals surface area contributed by atoms with E-state index in [2.05, 4.69) is 24.5 Å². The summed E-state index contributed by atoms with van der Waals surface area (Å²) in [5.74, 6) is -0.439. The Balaban J connectivity index is 2.31. The van der Waals surface area contributed by atoms with Crippen LogP contribution in [0.1, 0.15) is 37.3 Å². The zero-order valence-corrected chi connectivity index (χ0v) is 11.3. The van der Waals surface area contributed by atoms with Gasteiger partial charge >= 0.3 is 12.0 Å². The Morgan fingerprint density at radius 3 is 2.32 bits per heavy atom. The van der Waals surface area contributed by atoms with E-state index in [-0.39, 0.29) is 19.0 Å². The van der Waals surface area contributed by atoms with Gasteiger partial charge in [0.1, 0.15) is 0 Å². The van der Waals surface area contributed by atoms with Crippen LogP contribution in [-0.4, -0.2) is 23.7 Å². The van der Waals surface area contributed by atoms with E-state index in [0.29, 0.717) is 12.5 Å². The van der Waals surface area contributed by atoms with Crippen molar-refractivity contribution < 1.29 is 14.7 Å². The monoisotopic (exact) mass is 264 g/mol. The zero-order valence-electron chi connectivity index (χ0n) is 11.3. The highest BCUT2D eigenvalue weighted by Crippen LogP contribution is 2.14. The molecule has 1 aromatic carbocycles. The average Bonchev–Trinajstić information content (AvgIpc) is 2.36. The van der Waals surface area contributed by atoms with E-state index in [4.69, 9.17) is 5.11 Å². The fourth-order valence-electron chi connectivity index (χ4n) is 1.55. The number of carbonyl (C=O) groups excluding carboxylic acids is 1. The molecule has 0 fully saturated rings. The number of hydrogen-bond acceptors (Lipinski definition) is 2. The number of aliphatic carboxylic acids is 1. The van der Waals surface area contributed by atoms with Crippen molar-refractivity contribution in [3.05, 3.63) is 35.4 Å². The number of amides is 2. The molecule has 19 heavy (non-hydrogen) atoms. The topological polar surface area (TPSA) is 78.4 Å². The number of carboxylic acid groups (broad SMARTS) is 1. The van der Waals surface area contributed by atoms with Gasteiger partial charge in [-0.15, -0.1) is 0 Å². The fourth-order valence-corrected chi connectivity index (χ4v) is 1.55. The van der Waals surface area contributed by atoms with Gasteiger partial charge in [-0.1, -0.05) is 38.1 Å². The van der Waals surface area contributed by atoms with Crippen LogP contribution in [0.25, 0.3) is 0 Å². The molecule has 0 aromatic heterocycles. The van der Waals surface area contributed by atoms with Crippen LogP contribution in [0, 0.1) is 0 Å². The van der Waals surface area contributed by atoms with Gasteiger partial charge in [-0.3, -0.25) is 4.79 Å². The van der Waals surface area contributed by atoms with Crippen molar-refractivity contribution >= 4 is 12.0 Å². The summed E-state index contributed by atoms with van der Waals surface area (Å²) in [6.45, 7) is 4.82. The minimum absolute atomic E-state index is 0.0729. The molecule has 1 aromatic rings. The molecule has 0 bridgehead atoms. The Kier molecular flexibility index (Phi) is 5.85. The zero-order chi connectivity index (χ0) is 14.3. The number of carboxylic acids is 1. The molecular formula is C14H20N2O3. The molecule has 2 amide bonds. The van der Waals surface area contributed by atoms with E-state index in [1.165, 1.54) is 5.56 Å². The van der Waals surface area contributed by atoms with Crippen molar-refractivity contribution in [2.75, 3.05) is 6.54 Å². The van der Waals surface area contributed by atoms with Crippen LogP contribution in [0.3, 0.4) is 0 Å². The maximum Gasteiger partial charge on any atom is 0.315 e. The third-order valence-corrected chi connectivity index (χ3v) is 2.72. The molecule has 5 nitrogen and oxygen atoms in total. The van der Waals surface area contributed by atoms with Gasteiger partial charge in [0.25, 0.3) is 0 Å². The largest absolute Gasteiger partial charge is 0.481 e. The van der Waals surface area contributed by atoms with Crippen molar-refractivity contribution in [2.24, 2.45) is 0 Å². The first-order chi connectivity index (χ1) is 8.99. The standard InChI is InChI=1S/C14H20N2O3/c1-10(2)12-5-3-11(4-6-12)9-16-14(19)15-8-7-13(17)18/h3-6,10H,7-9H2,1-2H3,(H,17,18)(H2,15,16,19). The SMILES string of the molecule is CC(C)c1ccc(CNC(=O)NCCC(=O)O)cc1. The van der Waals surface area contributed by atoms with Gasteiger partial charge in [0.05, 0.1) is 6.42 Å². The van der Waals surface area contributed by atoms with E-state index in [1.54, 1.807) is 0 Å². The summed E-state index contributed by atoms with van der Waals surface area (Å²) in [6.07, 6.45) is -0.0729. The van der Waals surface area contributed by atoms with Crippen LogP contribution < -0.4 is 10.6 Å². The lowest BCUT2D eigenvalue weighted by Crippen LogP contribution is -2.36. The van der Waals surface area contributed by atoms with Crippen LogP contribution in [0.5, 0.6) is 0 Å². The van der Waals surface area contributed by atoms with Crippen molar-refractivity contribution in [3.8, 4) is 0 Å². The molecule has 1 rings (SSSR count). The number of urea groups is 1. The third kappa shape index (κ3) is 5.90. The van der Waals surface area contributed by atoms with E-state index < -0.39 is 5.97 Å². The van der Waals surface area contributed by atoms with Gasteiger partial charge in [-0.2, -0.15) is 0 Å². The second kappa shape index (κ2) is 7.41. The molecule has 0 radical (unpaired) electrons. The molecular weight excluding hydrogens is 244 g/mol. The molecule has 0 atom stereocenters. The van der Waals surface area contributed by atoms with Gasteiger partial charge in [0.15, 0.2) is 0 Å². The van der Waals surface area contributed by atoms with E-state index in [0.717, 1.165) is 5.56 Å². The minimum atomic E-state index is -0.926. The molecule has 0 unspecified atom stereocenters. The summed E-state index contributed by atoms with van der Waals surface area (Å²) >= 11 is 0. The normalized spacial score (nSPS) is 10.3. The fraction of sp³-hybridized carbons (Fsp3) is 0.429. The van der Waals surface area contributed by atoms with Crippen molar-refractivity contribution in [2.45, 2.75) is 32.7 Å². The summed E-state index contributed by atoms with van der Waals surface area (Å²) in [5.41, 5.74) is 2.27. The first kappa shape index (κ1) is 15.0. The van der Waals surface area contributed by atoms with Gasteiger partial charge < -0.3 is 15.7 Å². The lowest BCUT2D eigenvalue weighted by molar-refractivity contribution is -0.136. The van der Waals surface area contributed by atoms with Gasteiger partial charge in [0.2, 0.25) is 0 Å². The van der Waals surface area contributed by atoms with E-state index in [9.17, 15) is 9.59 Å². The van der Waals surface area contributed by atoms with E-state index in [1.807, 2.05) is 24.3 Å². The smallest absolute Gasteiger partial charge is 0.315 e. The highest BCUT2D eigenvalue weighted by molar-refractivity contribution is 5.74. The number of benzene rings is 1. The molecule has 0 aliphatic carbocycles. The van der Waals surface area contributed by atoms with Crippen LogP contribution in [0.4, 0.5) is 4.79 Å². The quantitative estimate of drug-likeness (QED) is 0.736. The van der Waals surface area contributed by atoms with Crippen molar-refractivity contribution in [1.82, 2.24) is 10.6 Å². The molecule has 0 saturated carbocycles. The number of hydrogen-bond donors (Lipinski definition) is 3. The maximum atomic E-state index is 11.4. The number of carbonyl (C=O) groups is 2. The van der Waals surface area contributed by atoms with Gasteiger partial charge in [-0.05, 0) is 17.0 Å². The Morgan fingerprint density at radius 2 is 1.79 bits per heavy atom. The first-order valence-electron chi connectivity index (χ1n) is 6.31. The summed E-state index contributed by atoms with van der Waals surface area (Å²) in [7, 11) is 0. The second-order valence-electron chi connectivity index (χ2n) is 4.65. The van der Waals surface area contributed by atoms with E-state index >= 15 is 0 Å². The lowest BCUT2D eigenvalue weighted by Gasteiger charge is -2.09. The third-order valence-electron chi connectivity index (χ3n) is 2.72. The Labute approximate surface area is 113 Å². The molecule has 0 heterocycles. The molecule has 3 N–H and O–H groups in total. The Morgan fingerprint density at radius 1 is 1.16 bits per heavy atom. The summed E-state index contributed by atoms with van der Waals surface area (Å²) in [4.78, 5) is 21.6. The second-order valence-corrected chi connectivity index (χ2v) is 4.65. The van der Waals surface area contributed by atoms with Gasteiger partial charge in [-0.25, -0.2) is 4.79 Å². The van der Waals surface area contributed by atoms with Crippen LogP contribution in [-0.2, 0) is 11.3 Å². The molecule has 0 spiro atoms. The first-order valence-corrected chi connectivity index (χ1v) is 6.31. The van der Waals surface area contributed by atoms with Gasteiger partial charge in [0, 0.05) is 13.1 Å². The summed E-state index contributed by atoms with van der Waals surface area (Å²) in [6, 6.07) is 7.70. The number of nitrogens with one attached hydrogen (secondary N) is 2. The highest BCUT2D eigenvalue weighted by atomic mass is 16.4. The van der Waals surface area contributed by atoms with Crippen LogP contribution in [0.2, 0.25) is 0 Å². The van der Waals surface area contributed by atoms with Crippen molar-refractivity contribution in [3.63, 3.8) is 0 Å². The average molecular weight is 264 g/mol. The number of rotatable bonds is 6. The molecule has 104 valence electrons. The predicted molar refractivity (Wildman–Crippen MR) is 73.0 cm³/mol. The minimum Gasteiger partial charge on any atom is -0.481 e. The van der Waals surface area contributed by atoms with Crippen LogP contribution in [0.15, 0.2) is 24.3 Å². The van der Waals surface area contributed by atoms with Crippen molar-refractivity contribution in [1.29, 1.82) is 0 Å². The Bertz CT molecular complexity index is 427. The van der Waals surface area contributed by atoms with Crippen LogP contribution >= 0.6 is 0 Å².